The van der Waals surface area contributed by atoms with Crippen LogP contribution in [0.3, 0.4) is 0 Å². The maximum absolute atomic E-state index is 14.1. The molecule has 0 aliphatic rings. The quantitative estimate of drug-likeness (QED) is 0.139. The Balaban J connectivity index is 6.04. The van der Waals surface area contributed by atoms with Crippen LogP contribution in [0.25, 0.3) is 0 Å². The average molecular weight is 519 g/mol. The smallest absolute Gasteiger partial charge is 0.439 e. The van der Waals surface area contributed by atoms with Crippen molar-refractivity contribution in [1.29, 1.82) is 0 Å². The van der Waals surface area contributed by atoms with Crippen molar-refractivity contribution >= 4 is 23.2 Å². The fraction of sp³-hybridized carbons (Fsp3) is 0.733. The predicted octanol–water partition coefficient (Wildman–Crippen LogP) is 5.74. The van der Waals surface area contributed by atoms with E-state index in [-0.39, 0.29) is 12.5 Å². The molecule has 0 radical (unpaired) electrons. The second-order valence-corrected chi connectivity index (χ2v) is 6.92. The highest BCUT2D eigenvalue weighted by Gasteiger charge is 2.91. The monoisotopic (exact) mass is 519 g/mol. The summed E-state index contributed by atoms with van der Waals surface area (Å²) in [7, 11) is 0. The van der Waals surface area contributed by atoms with Crippen LogP contribution in [0, 0.1) is 5.92 Å². The lowest BCUT2D eigenvalue weighted by Gasteiger charge is -2.41. The molecule has 2 unspecified atom stereocenters. The topological polar surface area (TPSA) is 38.3 Å². The molecular weight excluding hydrogens is 505 g/mol. The van der Waals surface area contributed by atoms with Gasteiger partial charge in [-0.05, 0) is 13.8 Å². The van der Waals surface area contributed by atoms with Crippen LogP contribution in [-0.2, 0) is 9.53 Å². The fourth-order valence-electron chi connectivity index (χ4n) is 1.83. The van der Waals surface area contributed by atoms with E-state index in [0.29, 0.717) is 0 Å². The van der Waals surface area contributed by atoms with Crippen LogP contribution >= 0.6 is 12.2 Å². The van der Waals surface area contributed by atoms with E-state index in [2.05, 4.69) is 23.5 Å². The van der Waals surface area contributed by atoms with Gasteiger partial charge >= 0.3 is 41.8 Å². The van der Waals surface area contributed by atoms with Crippen molar-refractivity contribution in [2.45, 2.75) is 62.8 Å². The molecule has 0 aliphatic carbocycles. The lowest BCUT2D eigenvalue weighted by atomic mass is 9.88. The van der Waals surface area contributed by atoms with E-state index >= 15 is 0 Å². The molecule has 0 aromatic carbocycles. The minimum Gasteiger partial charge on any atom is -0.439 e. The summed E-state index contributed by atoms with van der Waals surface area (Å²) in [5, 5.41) is 1.66. The molecule has 0 aromatic heterocycles. The molecule has 1 N–H and O–H groups in total. The Hall–Kier alpha value is -1.81. The van der Waals surface area contributed by atoms with E-state index in [1.165, 1.54) is 0 Å². The minimum absolute atomic E-state index is 0.0351. The van der Waals surface area contributed by atoms with Gasteiger partial charge in [-0.15, -0.1) is 0 Å². The summed E-state index contributed by atoms with van der Waals surface area (Å²) in [5.74, 6) is -42.1. The van der Waals surface area contributed by atoms with Crippen molar-refractivity contribution < 1.29 is 66.6 Å². The molecule has 0 aliphatic heterocycles. The normalized spacial score (nSPS) is 16.2. The zero-order chi connectivity index (χ0) is 26.3. The number of rotatable bonds is 9. The van der Waals surface area contributed by atoms with E-state index < -0.39 is 58.9 Å². The molecule has 0 spiro atoms. The standard InChI is InChI=1S/C15H14F13NO2S/c1-5(2)9(30)31-7(4)29-8(32)6(3)10(16,17)11(18,19)12(20,21)13(22,23)14(24,25)15(26,27)28/h6-7H,1H2,2-4H3,(H,29,32). The third-order valence-corrected chi connectivity index (χ3v) is 4.34. The summed E-state index contributed by atoms with van der Waals surface area (Å²) in [4.78, 5) is 9.76. The largest absolute Gasteiger partial charge is 0.460 e. The number of carbonyl (C=O) groups is 1. The molecular formula is C15H14F13NO2S. The lowest BCUT2D eigenvalue weighted by molar-refractivity contribution is -0.441. The van der Waals surface area contributed by atoms with Gasteiger partial charge in [0, 0.05) is 5.57 Å². The Kier molecular flexibility index (Phi) is 8.35. The molecule has 0 aromatic rings. The first-order chi connectivity index (χ1) is 13.8. The number of halogens is 13. The van der Waals surface area contributed by atoms with E-state index in [1.54, 1.807) is 5.32 Å². The van der Waals surface area contributed by atoms with E-state index in [1.807, 2.05) is 0 Å². The van der Waals surface area contributed by atoms with Gasteiger partial charge in [-0.3, -0.25) is 0 Å². The third kappa shape index (κ3) is 4.90. The molecule has 0 saturated heterocycles. The highest BCUT2D eigenvalue weighted by Crippen LogP contribution is 2.61. The Morgan fingerprint density at radius 3 is 1.53 bits per heavy atom. The highest BCUT2D eigenvalue weighted by atomic mass is 32.1. The Labute approximate surface area is 176 Å². The average Bonchev–Trinajstić information content (AvgIpc) is 2.58. The number of hydrogen-bond acceptors (Lipinski definition) is 3. The van der Waals surface area contributed by atoms with Crippen molar-refractivity contribution in [3.63, 3.8) is 0 Å². The molecule has 3 nitrogen and oxygen atoms in total. The van der Waals surface area contributed by atoms with Gasteiger partial charge in [0.2, 0.25) is 0 Å². The van der Waals surface area contributed by atoms with Crippen LogP contribution in [0.2, 0.25) is 0 Å². The number of thiocarbonyl (C=S) groups is 1. The predicted molar refractivity (Wildman–Crippen MR) is 86.1 cm³/mol. The molecule has 2 atom stereocenters. The summed E-state index contributed by atoms with van der Waals surface area (Å²) in [6, 6.07) is 0. The third-order valence-electron chi connectivity index (χ3n) is 3.87. The van der Waals surface area contributed by atoms with Crippen LogP contribution in [0.4, 0.5) is 57.1 Å². The minimum atomic E-state index is -8.00. The fourth-order valence-corrected chi connectivity index (χ4v) is 2.15. The molecule has 0 heterocycles. The highest BCUT2D eigenvalue weighted by molar-refractivity contribution is 7.80. The van der Waals surface area contributed by atoms with Crippen LogP contribution < -0.4 is 5.32 Å². The first-order valence-corrected chi connectivity index (χ1v) is 8.34. The number of nitrogens with one attached hydrogen (secondary N) is 1. The molecule has 17 heteroatoms. The summed E-state index contributed by atoms with van der Waals surface area (Å²) >= 11 is 4.24. The van der Waals surface area contributed by atoms with Crippen LogP contribution in [0.5, 0.6) is 0 Å². The Bertz CT molecular complexity index is 748. The molecule has 0 bridgehead atoms. The second-order valence-electron chi connectivity index (χ2n) is 6.48. The van der Waals surface area contributed by atoms with Crippen molar-refractivity contribution in [3.05, 3.63) is 12.2 Å². The molecule has 0 fully saturated rings. The molecule has 0 rings (SSSR count). The summed E-state index contributed by atoms with van der Waals surface area (Å²) in [5.41, 5.74) is -0.234. The molecule has 0 saturated carbocycles. The number of alkyl halides is 13. The Morgan fingerprint density at radius 2 is 1.19 bits per heavy atom. The van der Waals surface area contributed by atoms with Gasteiger partial charge < -0.3 is 10.1 Å². The van der Waals surface area contributed by atoms with Crippen LogP contribution in [-0.4, -0.2) is 53.0 Å². The second kappa shape index (κ2) is 8.85. The van der Waals surface area contributed by atoms with Crippen molar-refractivity contribution in [1.82, 2.24) is 5.32 Å². The number of carbonyl (C=O) groups excluding carboxylic acids is 1. The summed E-state index contributed by atoms with van der Waals surface area (Å²) in [6.45, 7) is 5.10. The van der Waals surface area contributed by atoms with Crippen molar-refractivity contribution in [2.24, 2.45) is 5.92 Å². The van der Waals surface area contributed by atoms with Crippen molar-refractivity contribution in [2.75, 3.05) is 0 Å². The number of hydrogen-bond donors (Lipinski definition) is 1. The Morgan fingerprint density at radius 1 is 0.812 bits per heavy atom. The zero-order valence-electron chi connectivity index (χ0n) is 16.0. The number of ether oxygens (including phenoxy) is 1. The van der Waals surface area contributed by atoms with E-state index in [9.17, 15) is 61.9 Å². The van der Waals surface area contributed by atoms with Gasteiger partial charge in [-0.2, -0.15) is 57.1 Å². The van der Waals surface area contributed by atoms with Crippen LogP contribution in [0.15, 0.2) is 12.2 Å². The van der Waals surface area contributed by atoms with Gasteiger partial charge in [-0.1, -0.05) is 25.7 Å². The molecule has 0 amide bonds. The first-order valence-electron chi connectivity index (χ1n) is 7.93. The first kappa shape index (κ1) is 30.2. The van der Waals surface area contributed by atoms with Crippen LogP contribution in [0.1, 0.15) is 20.8 Å². The zero-order valence-corrected chi connectivity index (χ0v) is 16.8. The van der Waals surface area contributed by atoms with Gasteiger partial charge in [0.05, 0.1) is 10.9 Å². The van der Waals surface area contributed by atoms with Gasteiger partial charge in [0.25, 0.3) is 0 Å². The molecule has 32 heavy (non-hydrogen) atoms. The molecule has 188 valence electrons. The summed E-state index contributed by atoms with van der Waals surface area (Å²) < 4.78 is 176. The number of esters is 1. The van der Waals surface area contributed by atoms with E-state index in [0.717, 1.165) is 13.8 Å². The maximum atomic E-state index is 14.1. The van der Waals surface area contributed by atoms with Gasteiger partial charge in [0.1, 0.15) is 0 Å². The van der Waals surface area contributed by atoms with Crippen molar-refractivity contribution in [3.8, 4) is 0 Å². The summed E-state index contributed by atoms with van der Waals surface area (Å²) in [6.07, 6.45) is -9.17. The maximum Gasteiger partial charge on any atom is 0.460 e. The van der Waals surface area contributed by atoms with Gasteiger partial charge in [0.15, 0.2) is 6.23 Å². The van der Waals surface area contributed by atoms with Gasteiger partial charge in [-0.25, -0.2) is 4.79 Å². The SMILES string of the molecule is C=C(C)C(=O)OC(C)NC(=S)C(C)C(F)(F)C(F)(F)C(F)(F)C(F)(F)C(F)(F)C(F)(F)F. The van der Waals surface area contributed by atoms with E-state index in [4.69, 9.17) is 0 Å². The lowest BCUT2D eigenvalue weighted by Crippen LogP contribution is -2.71.